The summed E-state index contributed by atoms with van der Waals surface area (Å²) in [6, 6.07) is 16.0. The molecule has 0 unspecified atom stereocenters. The van der Waals surface area contributed by atoms with E-state index in [2.05, 4.69) is 6.07 Å². The molecule has 4 heteroatoms. The molecule has 0 aliphatic rings. The van der Waals surface area contributed by atoms with E-state index in [9.17, 15) is 4.79 Å². The Labute approximate surface area is 104 Å². The van der Waals surface area contributed by atoms with Crippen LogP contribution in [-0.4, -0.2) is 11.1 Å². The number of carbonyl (C=O) groups is 1. The molecule has 0 atom stereocenters. The van der Waals surface area contributed by atoms with Gasteiger partial charge in [0.05, 0.1) is 11.6 Å². The lowest BCUT2D eigenvalue weighted by atomic mass is 10.0. The van der Waals surface area contributed by atoms with Crippen molar-refractivity contribution in [1.82, 2.24) is 5.48 Å². The zero-order valence-electron chi connectivity index (χ0n) is 9.42. The molecule has 4 nitrogen and oxygen atoms in total. The van der Waals surface area contributed by atoms with Gasteiger partial charge in [0, 0.05) is 5.56 Å². The minimum absolute atomic E-state index is 0.373. The van der Waals surface area contributed by atoms with Crippen molar-refractivity contribution in [3.63, 3.8) is 0 Å². The van der Waals surface area contributed by atoms with Gasteiger partial charge < -0.3 is 0 Å². The van der Waals surface area contributed by atoms with Gasteiger partial charge in [-0.3, -0.25) is 10.0 Å². The van der Waals surface area contributed by atoms with E-state index >= 15 is 0 Å². The highest BCUT2D eigenvalue weighted by Gasteiger charge is 2.04. The smallest absolute Gasteiger partial charge is 0.274 e. The van der Waals surface area contributed by atoms with Crippen LogP contribution in [0.3, 0.4) is 0 Å². The average molecular weight is 238 g/mol. The Morgan fingerprint density at radius 1 is 1.11 bits per heavy atom. The zero-order chi connectivity index (χ0) is 13.0. The van der Waals surface area contributed by atoms with Gasteiger partial charge in [0.15, 0.2) is 0 Å². The third-order valence-corrected chi connectivity index (χ3v) is 2.57. The second-order valence-electron chi connectivity index (χ2n) is 3.71. The van der Waals surface area contributed by atoms with Crippen molar-refractivity contribution < 1.29 is 10.0 Å². The van der Waals surface area contributed by atoms with Crippen LogP contribution < -0.4 is 5.48 Å². The Hall–Kier alpha value is -2.64. The quantitative estimate of drug-likeness (QED) is 0.623. The summed E-state index contributed by atoms with van der Waals surface area (Å²) in [5.41, 5.74) is 4.35. The molecule has 18 heavy (non-hydrogen) atoms. The van der Waals surface area contributed by atoms with Gasteiger partial charge >= 0.3 is 0 Å². The molecule has 2 aromatic rings. The molecule has 0 saturated heterocycles. The summed E-state index contributed by atoms with van der Waals surface area (Å²) >= 11 is 0. The highest BCUT2D eigenvalue weighted by atomic mass is 16.5. The van der Waals surface area contributed by atoms with Crippen molar-refractivity contribution in [3.05, 3.63) is 59.7 Å². The topological polar surface area (TPSA) is 73.1 Å². The Bertz CT molecular complexity index is 612. The van der Waals surface area contributed by atoms with Gasteiger partial charge in [-0.25, -0.2) is 5.48 Å². The average Bonchev–Trinajstić information content (AvgIpc) is 2.46. The van der Waals surface area contributed by atoms with E-state index in [-0.39, 0.29) is 0 Å². The minimum Gasteiger partial charge on any atom is -0.288 e. The number of rotatable bonds is 2. The van der Waals surface area contributed by atoms with Crippen LogP contribution in [0.4, 0.5) is 0 Å². The van der Waals surface area contributed by atoms with E-state index in [1.165, 1.54) is 0 Å². The molecule has 0 aliphatic carbocycles. The lowest BCUT2D eigenvalue weighted by Crippen LogP contribution is -2.18. The predicted molar refractivity (Wildman–Crippen MR) is 65.8 cm³/mol. The highest BCUT2D eigenvalue weighted by Crippen LogP contribution is 2.20. The van der Waals surface area contributed by atoms with E-state index in [0.29, 0.717) is 11.1 Å². The lowest BCUT2D eigenvalue weighted by Gasteiger charge is -2.03. The Morgan fingerprint density at radius 2 is 1.83 bits per heavy atom. The van der Waals surface area contributed by atoms with Gasteiger partial charge in [-0.15, -0.1) is 0 Å². The summed E-state index contributed by atoms with van der Waals surface area (Å²) in [6.07, 6.45) is 0. The van der Waals surface area contributed by atoms with Crippen LogP contribution in [0.25, 0.3) is 11.1 Å². The highest BCUT2D eigenvalue weighted by molar-refractivity contribution is 5.93. The number of benzene rings is 2. The van der Waals surface area contributed by atoms with Gasteiger partial charge in [0.2, 0.25) is 0 Å². The number of hydrogen-bond acceptors (Lipinski definition) is 3. The first-order valence-electron chi connectivity index (χ1n) is 5.29. The number of carbonyl (C=O) groups excluding carboxylic acids is 1. The number of amides is 1. The van der Waals surface area contributed by atoms with Crippen molar-refractivity contribution in [1.29, 1.82) is 5.26 Å². The maximum Gasteiger partial charge on any atom is 0.274 e. The molecule has 2 N–H and O–H groups in total. The van der Waals surface area contributed by atoms with Crippen molar-refractivity contribution in [2.24, 2.45) is 0 Å². The van der Waals surface area contributed by atoms with E-state index in [1.807, 2.05) is 12.1 Å². The summed E-state index contributed by atoms with van der Waals surface area (Å²) in [7, 11) is 0. The normalized spacial score (nSPS) is 9.56. The first-order valence-corrected chi connectivity index (χ1v) is 5.29. The third kappa shape index (κ3) is 2.37. The number of nitrogens with one attached hydrogen (secondary N) is 1. The van der Waals surface area contributed by atoms with Crippen LogP contribution in [0.1, 0.15) is 15.9 Å². The lowest BCUT2D eigenvalue weighted by molar-refractivity contribution is 0.0706. The van der Waals surface area contributed by atoms with Crippen LogP contribution in [0.15, 0.2) is 48.5 Å². The first-order chi connectivity index (χ1) is 8.74. The van der Waals surface area contributed by atoms with Crippen molar-refractivity contribution in [2.45, 2.75) is 0 Å². The molecular formula is C14H10N2O2. The van der Waals surface area contributed by atoms with E-state index in [1.54, 1.807) is 41.9 Å². The monoisotopic (exact) mass is 238 g/mol. The van der Waals surface area contributed by atoms with Gasteiger partial charge in [0.25, 0.3) is 5.91 Å². The third-order valence-electron chi connectivity index (χ3n) is 2.57. The molecule has 2 aromatic carbocycles. The summed E-state index contributed by atoms with van der Waals surface area (Å²) in [6.45, 7) is 0. The first kappa shape index (κ1) is 11.8. The Balaban J connectivity index is 2.34. The molecule has 1 amide bonds. The fraction of sp³-hybridized carbons (Fsp3) is 0. The van der Waals surface area contributed by atoms with Gasteiger partial charge in [0.1, 0.15) is 0 Å². The standard InChI is InChI=1S/C14H10N2O2/c15-9-10-2-1-3-13(8-10)11-4-6-12(7-5-11)14(17)16-18/h1-8,18H,(H,16,17). The summed E-state index contributed by atoms with van der Waals surface area (Å²) in [5, 5.41) is 17.3. The van der Waals surface area contributed by atoms with Crippen LogP contribution in [0, 0.1) is 11.3 Å². The minimum atomic E-state index is -0.549. The largest absolute Gasteiger partial charge is 0.288 e. The van der Waals surface area contributed by atoms with Crippen LogP contribution in [-0.2, 0) is 0 Å². The molecule has 0 aromatic heterocycles. The molecule has 0 heterocycles. The molecule has 2 rings (SSSR count). The number of nitriles is 1. The molecule has 0 bridgehead atoms. The fourth-order valence-electron chi connectivity index (χ4n) is 1.65. The molecule has 0 spiro atoms. The van der Waals surface area contributed by atoms with Crippen molar-refractivity contribution in [3.8, 4) is 17.2 Å². The van der Waals surface area contributed by atoms with Crippen LogP contribution in [0.2, 0.25) is 0 Å². The summed E-state index contributed by atoms with van der Waals surface area (Å²) < 4.78 is 0. The number of hydroxylamine groups is 1. The molecule has 88 valence electrons. The van der Waals surface area contributed by atoms with Gasteiger partial charge in [-0.05, 0) is 35.4 Å². The van der Waals surface area contributed by atoms with Crippen LogP contribution in [0.5, 0.6) is 0 Å². The number of hydrogen-bond donors (Lipinski definition) is 2. The summed E-state index contributed by atoms with van der Waals surface area (Å²) in [4.78, 5) is 11.2. The molecule has 0 radical (unpaired) electrons. The Kier molecular flexibility index (Phi) is 3.37. The van der Waals surface area contributed by atoms with Crippen molar-refractivity contribution >= 4 is 5.91 Å². The van der Waals surface area contributed by atoms with Crippen LogP contribution >= 0.6 is 0 Å². The van der Waals surface area contributed by atoms with E-state index in [4.69, 9.17) is 10.5 Å². The van der Waals surface area contributed by atoms with Gasteiger partial charge in [-0.1, -0.05) is 24.3 Å². The maximum absolute atomic E-state index is 11.2. The molecule has 0 aliphatic heterocycles. The second-order valence-corrected chi connectivity index (χ2v) is 3.71. The molecule has 0 saturated carbocycles. The Morgan fingerprint density at radius 3 is 2.44 bits per heavy atom. The van der Waals surface area contributed by atoms with E-state index < -0.39 is 5.91 Å². The van der Waals surface area contributed by atoms with Crippen molar-refractivity contribution in [2.75, 3.05) is 0 Å². The number of nitrogens with zero attached hydrogens (tertiary/aromatic N) is 1. The fourth-order valence-corrected chi connectivity index (χ4v) is 1.65. The second kappa shape index (κ2) is 5.13. The predicted octanol–water partition coefficient (Wildman–Crippen LogP) is 2.34. The van der Waals surface area contributed by atoms with Gasteiger partial charge in [-0.2, -0.15) is 5.26 Å². The summed E-state index contributed by atoms with van der Waals surface area (Å²) in [5.74, 6) is -0.549. The zero-order valence-corrected chi connectivity index (χ0v) is 9.42. The van der Waals surface area contributed by atoms with E-state index in [0.717, 1.165) is 11.1 Å². The molecule has 0 fully saturated rings. The SMILES string of the molecule is N#Cc1cccc(-c2ccc(C(=O)NO)cc2)c1. The maximum atomic E-state index is 11.2. The molecular weight excluding hydrogens is 228 g/mol.